The second-order valence-corrected chi connectivity index (χ2v) is 2.77. The minimum absolute atomic E-state index is 0.142. The first-order chi connectivity index (χ1) is 7.19. The first-order valence-electron chi connectivity index (χ1n) is 4.17. The van der Waals surface area contributed by atoms with Gasteiger partial charge in [0.1, 0.15) is 17.6 Å². The maximum absolute atomic E-state index is 12.9. The zero-order chi connectivity index (χ0) is 11.3. The molecule has 0 unspecified atom stereocenters. The van der Waals surface area contributed by atoms with Gasteiger partial charge in [-0.15, -0.1) is 0 Å². The summed E-state index contributed by atoms with van der Waals surface area (Å²) in [5, 5.41) is 19.9. The summed E-state index contributed by atoms with van der Waals surface area (Å²) in [6, 6.07) is 5.57. The molecule has 0 heterocycles. The Kier molecular flexibility index (Phi) is 3.63. The normalized spacial score (nSPS) is 10.9. The molecule has 78 valence electrons. The summed E-state index contributed by atoms with van der Waals surface area (Å²) in [5.41, 5.74) is 0.551. The van der Waals surface area contributed by atoms with E-state index in [1.807, 2.05) is 0 Å². The van der Waals surface area contributed by atoms with Crippen LogP contribution in [0, 0.1) is 17.1 Å². The Balaban J connectivity index is 3.10. The molecule has 0 atom stereocenters. The Morgan fingerprint density at radius 3 is 3.00 bits per heavy atom. The molecule has 0 aromatic heterocycles. The highest BCUT2D eigenvalue weighted by Gasteiger charge is 2.08. The molecular formula is C10H9FN2O2. The van der Waals surface area contributed by atoms with Crippen molar-refractivity contribution in [3.63, 3.8) is 0 Å². The minimum Gasteiger partial charge on any atom is -0.478 e. The van der Waals surface area contributed by atoms with E-state index in [2.05, 4.69) is 5.16 Å². The number of hydrogen-bond donors (Lipinski definition) is 1. The molecular weight excluding hydrogens is 199 g/mol. The van der Waals surface area contributed by atoms with E-state index in [0.29, 0.717) is 11.3 Å². The number of hydrogen-bond acceptors (Lipinski definition) is 4. The summed E-state index contributed by atoms with van der Waals surface area (Å²) in [6.45, 7) is 1.37. The number of ether oxygens (including phenoxy) is 1. The lowest BCUT2D eigenvalue weighted by atomic mass is 10.1. The van der Waals surface area contributed by atoms with Crippen LogP contribution < -0.4 is 4.74 Å². The Bertz CT molecular complexity index is 424. The molecule has 0 saturated carbocycles. The van der Waals surface area contributed by atoms with Crippen LogP contribution >= 0.6 is 0 Å². The molecule has 1 rings (SSSR count). The van der Waals surface area contributed by atoms with Crippen LogP contribution in [0.5, 0.6) is 5.75 Å². The highest BCUT2D eigenvalue weighted by atomic mass is 19.1. The van der Waals surface area contributed by atoms with Crippen LogP contribution in [0.3, 0.4) is 0 Å². The van der Waals surface area contributed by atoms with Crippen molar-refractivity contribution >= 4 is 5.71 Å². The topological polar surface area (TPSA) is 65.6 Å². The number of rotatable bonds is 3. The van der Waals surface area contributed by atoms with Crippen LogP contribution in [-0.2, 0) is 0 Å². The third-order valence-electron chi connectivity index (χ3n) is 1.77. The first kappa shape index (κ1) is 11.0. The molecule has 0 aliphatic carbocycles. The van der Waals surface area contributed by atoms with Crippen molar-refractivity contribution in [2.45, 2.75) is 6.92 Å². The minimum atomic E-state index is -0.461. The molecule has 5 heteroatoms. The standard InChI is InChI=1S/C10H9FN2O2/c1-7(13-14)9-6-8(11)2-3-10(9)15-5-4-12/h2-3,6,14H,5H2,1H3. The summed E-state index contributed by atoms with van der Waals surface area (Å²) in [6.07, 6.45) is 0. The van der Waals surface area contributed by atoms with Crippen molar-refractivity contribution in [2.75, 3.05) is 6.61 Å². The van der Waals surface area contributed by atoms with Crippen LogP contribution in [0.25, 0.3) is 0 Å². The molecule has 0 radical (unpaired) electrons. The molecule has 15 heavy (non-hydrogen) atoms. The zero-order valence-corrected chi connectivity index (χ0v) is 8.07. The van der Waals surface area contributed by atoms with Crippen LogP contribution in [-0.4, -0.2) is 17.5 Å². The zero-order valence-electron chi connectivity index (χ0n) is 8.07. The van der Waals surface area contributed by atoms with Gasteiger partial charge in [0.2, 0.25) is 0 Å². The molecule has 1 N–H and O–H groups in total. The Morgan fingerprint density at radius 1 is 1.67 bits per heavy atom. The average molecular weight is 208 g/mol. The van der Waals surface area contributed by atoms with E-state index in [0.717, 1.165) is 0 Å². The fourth-order valence-electron chi connectivity index (χ4n) is 1.07. The average Bonchev–Trinajstić information content (AvgIpc) is 2.26. The van der Waals surface area contributed by atoms with E-state index in [4.69, 9.17) is 15.2 Å². The molecule has 1 aromatic carbocycles. The predicted octanol–water partition coefficient (Wildman–Crippen LogP) is 1.93. The quantitative estimate of drug-likeness (QED) is 0.469. The van der Waals surface area contributed by atoms with Crippen LogP contribution in [0.2, 0.25) is 0 Å². The van der Waals surface area contributed by atoms with E-state index >= 15 is 0 Å². The van der Waals surface area contributed by atoms with Crippen molar-refractivity contribution in [1.29, 1.82) is 5.26 Å². The molecule has 0 spiro atoms. The monoisotopic (exact) mass is 208 g/mol. The number of benzene rings is 1. The van der Waals surface area contributed by atoms with Gasteiger partial charge in [-0.05, 0) is 25.1 Å². The smallest absolute Gasteiger partial charge is 0.174 e. The van der Waals surface area contributed by atoms with Gasteiger partial charge in [0.05, 0.1) is 5.71 Å². The van der Waals surface area contributed by atoms with Crippen molar-refractivity contribution < 1.29 is 14.3 Å². The van der Waals surface area contributed by atoms with Gasteiger partial charge in [-0.3, -0.25) is 0 Å². The second kappa shape index (κ2) is 4.96. The molecule has 4 nitrogen and oxygen atoms in total. The van der Waals surface area contributed by atoms with Crippen LogP contribution in [0.4, 0.5) is 4.39 Å². The molecule has 0 bridgehead atoms. The van der Waals surface area contributed by atoms with Crippen molar-refractivity contribution in [1.82, 2.24) is 0 Å². The number of nitriles is 1. The van der Waals surface area contributed by atoms with Crippen molar-refractivity contribution in [2.24, 2.45) is 5.16 Å². The van der Waals surface area contributed by atoms with Gasteiger partial charge in [-0.2, -0.15) is 5.26 Å². The van der Waals surface area contributed by atoms with Gasteiger partial charge < -0.3 is 9.94 Å². The van der Waals surface area contributed by atoms with Gasteiger partial charge >= 0.3 is 0 Å². The van der Waals surface area contributed by atoms with Gasteiger partial charge in [-0.1, -0.05) is 5.16 Å². The van der Waals surface area contributed by atoms with E-state index < -0.39 is 5.82 Å². The lowest BCUT2D eigenvalue weighted by Crippen LogP contribution is -2.03. The van der Waals surface area contributed by atoms with E-state index in [9.17, 15) is 4.39 Å². The summed E-state index contributed by atoms with van der Waals surface area (Å²) in [7, 11) is 0. The molecule has 0 aliphatic heterocycles. The number of oxime groups is 1. The van der Waals surface area contributed by atoms with Crippen LogP contribution in [0.1, 0.15) is 12.5 Å². The fraction of sp³-hybridized carbons (Fsp3) is 0.200. The second-order valence-electron chi connectivity index (χ2n) is 2.77. The summed E-state index contributed by atoms with van der Waals surface area (Å²) in [5.74, 6) is -0.148. The highest BCUT2D eigenvalue weighted by molar-refractivity contribution is 6.00. The van der Waals surface area contributed by atoms with Crippen molar-refractivity contribution in [3.05, 3.63) is 29.6 Å². The summed E-state index contributed by atoms with van der Waals surface area (Å²) < 4.78 is 18.0. The number of halogens is 1. The lowest BCUT2D eigenvalue weighted by Gasteiger charge is -2.07. The number of nitrogens with zero attached hydrogens (tertiary/aromatic N) is 2. The Morgan fingerprint density at radius 2 is 2.40 bits per heavy atom. The maximum atomic E-state index is 12.9. The molecule has 0 saturated heterocycles. The third-order valence-corrected chi connectivity index (χ3v) is 1.77. The van der Waals surface area contributed by atoms with E-state index in [1.54, 1.807) is 6.07 Å². The first-order valence-corrected chi connectivity index (χ1v) is 4.17. The Labute approximate surface area is 86.2 Å². The largest absolute Gasteiger partial charge is 0.478 e. The van der Waals surface area contributed by atoms with Crippen molar-refractivity contribution in [3.8, 4) is 11.8 Å². The lowest BCUT2D eigenvalue weighted by molar-refractivity contribution is 0.318. The van der Waals surface area contributed by atoms with Gasteiger partial charge in [0, 0.05) is 5.56 Å². The van der Waals surface area contributed by atoms with Crippen LogP contribution in [0.15, 0.2) is 23.4 Å². The molecule has 1 aromatic rings. The third kappa shape index (κ3) is 2.68. The van der Waals surface area contributed by atoms with Gasteiger partial charge in [0.25, 0.3) is 0 Å². The molecule has 0 aliphatic rings. The SMILES string of the molecule is CC(=NO)c1cc(F)ccc1OCC#N. The molecule has 0 amide bonds. The fourth-order valence-corrected chi connectivity index (χ4v) is 1.07. The Hall–Kier alpha value is -2.09. The van der Waals surface area contributed by atoms with E-state index in [1.165, 1.54) is 25.1 Å². The summed E-state index contributed by atoms with van der Waals surface area (Å²) >= 11 is 0. The van der Waals surface area contributed by atoms with Gasteiger partial charge in [0.15, 0.2) is 6.61 Å². The molecule has 0 fully saturated rings. The van der Waals surface area contributed by atoms with Gasteiger partial charge in [-0.25, -0.2) is 4.39 Å². The maximum Gasteiger partial charge on any atom is 0.174 e. The van der Waals surface area contributed by atoms with E-state index in [-0.39, 0.29) is 12.3 Å². The summed E-state index contributed by atoms with van der Waals surface area (Å²) in [4.78, 5) is 0. The highest BCUT2D eigenvalue weighted by Crippen LogP contribution is 2.20. The predicted molar refractivity (Wildman–Crippen MR) is 51.5 cm³/mol.